The van der Waals surface area contributed by atoms with Gasteiger partial charge in [0.25, 0.3) is 0 Å². The molecule has 1 unspecified atom stereocenters. The van der Waals surface area contributed by atoms with E-state index in [0.29, 0.717) is 33.4 Å². The number of nitrogens with zero attached hydrogens (tertiary/aromatic N) is 3. The number of halogens is 1. The fourth-order valence-corrected chi connectivity index (χ4v) is 5.97. The fraction of sp³-hybridized carbons (Fsp3) is 0.333. The zero-order valence-corrected chi connectivity index (χ0v) is 24.4. The van der Waals surface area contributed by atoms with E-state index in [9.17, 15) is 24.2 Å². The van der Waals surface area contributed by atoms with E-state index >= 15 is 0 Å². The summed E-state index contributed by atoms with van der Waals surface area (Å²) in [7, 11) is -4.34. The Balaban J connectivity index is 1.93. The molecule has 0 bridgehead atoms. The van der Waals surface area contributed by atoms with Crippen LogP contribution >= 0.6 is 23.8 Å². The zero-order valence-electron chi connectivity index (χ0n) is 22.0. The average Bonchev–Trinajstić information content (AvgIpc) is 2.91. The molecular formula is C27H27ClN6O4S2. The van der Waals surface area contributed by atoms with Crippen molar-refractivity contribution < 1.29 is 17.9 Å². The predicted molar refractivity (Wildman–Crippen MR) is 152 cm³/mol. The molecule has 40 heavy (non-hydrogen) atoms. The number of aryl methyl sites for hydroxylation is 2. The molecule has 0 radical (unpaired) electrons. The lowest BCUT2D eigenvalue weighted by Gasteiger charge is -2.24. The van der Waals surface area contributed by atoms with E-state index < -0.39 is 21.9 Å². The number of rotatable bonds is 12. The Kier molecular flexibility index (Phi) is 10.2. The Morgan fingerprint density at radius 1 is 1.15 bits per heavy atom. The monoisotopic (exact) mass is 598 g/mol. The Morgan fingerprint density at radius 3 is 2.50 bits per heavy atom. The molecule has 3 rings (SSSR count). The number of nitriles is 3. The molecule has 0 amide bonds. The first-order chi connectivity index (χ1) is 19.0. The summed E-state index contributed by atoms with van der Waals surface area (Å²) in [4.78, 5) is 3.00. The van der Waals surface area contributed by atoms with Gasteiger partial charge in [-0.3, -0.25) is 0 Å². The molecule has 0 saturated heterocycles. The second kappa shape index (κ2) is 13.2. The molecule has 0 saturated carbocycles. The molecule has 208 valence electrons. The van der Waals surface area contributed by atoms with E-state index in [1.54, 1.807) is 19.1 Å². The SMILES string of the molecule is CCCNCC(NS(=O)(=O)c1ccc(C)c(COc2cccc3c(=S)cc(C)[nH]c23)c1Cl)OC(C#N)(C#N)C#N. The van der Waals surface area contributed by atoms with Crippen LogP contribution in [0.5, 0.6) is 5.75 Å². The topological polar surface area (TPSA) is 164 Å². The predicted octanol–water partition coefficient (Wildman–Crippen LogP) is 4.68. The van der Waals surface area contributed by atoms with Crippen LogP contribution in [0.15, 0.2) is 41.3 Å². The van der Waals surface area contributed by atoms with Crippen LogP contribution in [0.25, 0.3) is 10.9 Å². The minimum absolute atomic E-state index is 0.0416. The van der Waals surface area contributed by atoms with Gasteiger partial charge >= 0.3 is 5.60 Å². The number of ether oxygens (including phenoxy) is 2. The van der Waals surface area contributed by atoms with Gasteiger partial charge in [-0.15, -0.1) is 0 Å². The molecular weight excluding hydrogens is 572 g/mol. The first-order valence-electron chi connectivity index (χ1n) is 12.2. The fourth-order valence-electron chi connectivity index (χ4n) is 3.85. The Hall–Kier alpha value is -3.54. The number of hydrogen-bond acceptors (Lipinski definition) is 9. The minimum Gasteiger partial charge on any atom is -0.487 e. The Bertz CT molecular complexity index is 1670. The lowest BCUT2D eigenvalue weighted by Crippen LogP contribution is -2.48. The number of benzene rings is 2. The van der Waals surface area contributed by atoms with Crippen LogP contribution in [0.2, 0.25) is 5.02 Å². The van der Waals surface area contributed by atoms with Gasteiger partial charge in [0.15, 0.2) is 0 Å². The largest absolute Gasteiger partial charge is 0.487 e. The van der Waals surface area contributed by atoms with Crippen molar-refractivity contribution in [1.29, 1.82) is 15.8 Å². The minimum atomic E-state index is -4.34. The molecule has 3 N–H and O–H groups in total. The van der Waals surface area contributed by atoms with Crippen LogP contribution in [0, 0.1) is 52.4 Å². The molecule has 0 fully saturated rings. The molecule has 1 atom stereocenters. The highest BCUT2D eigenvalue weighted by Gasteiger charge is 2.37. The highest BCUT2D eigenvalue weighted by Crippen LogP contribution is 2.31. The van der Waals surface area contributed by atoms with Crippen molar-refractivity contribution in [3.05, 3.63) is 62.8 Å². The van der Waals surface area contributed by atoms with Gasteiger partial charge in [-0.1, -0.05) is 48.9 Å². The number of aromatic nitrogens is 1. The van der Waals surface area contributed by atoms with Gasteiger partial charge in [0, 0.05) is 27.7 Å². The number of pyridine rings is 1. The molecule has 0 aliphatic rings. The molecule has 3 aromatic rings. The number of nitrogens with one attached hydrogen (secondary N) is 3. The number of H-pyrrole nitrogens is 1. The third kappa shape index (κ3) is 6.96. The molecule has 2 aromatic carbocycles. The molecule has 13 heteroatoms. The zero-order chi connectivity index (χ0) is 29.5. The van der Waals surface area contributed by atoms with Crippen LogP contribution in [0.1, 0.15) is 30.2 Å². The molecule has 0 aliphatic heterocycles. The van der Waals surface area contributed by atoms with Gasteiger partial charge in [-0.25, -0.2) is 8.42 Å². The van der Waals surface area contributed by atoms with Gasteiger partial charge in [-0.2, -0.15) is 20.5 Å². The van der Waals surface area contributed by atoms with Crippen molar-refractivity contribution in [3.63, 3.8) is 0 Å². The van der Waals surface area contributed by atoms with E-state index in [1.807, 2.05) is 32.0 Å². The molecule has 10 nitrogen and oxygen atoms in total. The molecule has 1 aromatic heterocycles. The molecule has 1 heterocycles. The van der Waals surface area contributed by atoms with E-state index in [2.05, 4.69) is 15.0 Å². The third-order valence-electron chi connectivity index (χ3n) is 5.90. The van der Waals surface area contributed by atoms with Crippen molar-refractivity contribution in [2.24, 2.45) is 0 Å². The van der Waals surface area contributed by atoms with Crippen molar-refractivity contribution in [2.45, 2.75) is 50.5 Å². The van der Waals surface area contributed by atoms with Gasteiger partial charge in [0.2, 0.25) is 10.0 Å². The van der Waals surface area contributed by atoms with E-state index in [1.165, 1.54) is 24.3 Å². The maximum atomic E-state index is 13.4. The van der Waals surface area contributed by atoms with Crippen LogP contribution in [0.4, 0.5) is 0 Å². The van der Waals surface area contributed by atoms with Crippen molar-refractivity contribution >= 4 is 44.7 Å². The van der Waals surface area contributed by atoms with E-state index in [-0.39, 0.29) is 23.1 Å². The third-order valence-corrected chi connectivity index (χ3v) is 8.27. The van der Waals surface area contributed by atoms with Gasteiger partial charge < -0.3 is 19.8 Å². The van der Waals surface area contributed by atoms with Crippen LogP contribution in [0.3, 0.4) is 0 Å². The van der Waals surface area contributed by atoms with Gasteiger partial charge in [0.1, 0.15) is 41.7 Å². The Morgan fingerprint density at radius 2 is 1.85 bits per heavy atom. The molecule has 0 spiro atoms. The summed E-state index contributed by atoms with van der Waals surface area (Å²) in [5.41, 5.74) is 0.205. The second-order valence-corrected chi connectivity index (χ2v) is 11.4. The maximum absolute atomic E-state index is 13.4. The number of hydrogen-bond donors (Lipinski definition) is 3. The summed E-state index contributed by atoms with van der Waals surface area (Å²) in [5.74, 6) is 0.519. The highest BCUT2D eigenvalue weighted by atomic mass is 35.5. The maximum Gasteiger partial charge on any atom is 0.330 e. The van der Waals surface area contributed by atoms with E-state index in [0.717, 1.165) is 17.5 Å². The van der Waals surface area contributed by atoms with Crippen molar-refractivity contribution in [1.82, 2.24) is 15.0 Å². The first kappa shape index (κ1) is 31.0. The highest BCUT2D eigenvalue weighted by molar-refractivity contribution is 7.89. The summed E-state index contributed by atoms with van der Waals surface area (Å²) < 4.78 is 41.3. The quantitative estimate of drug-likeness (QED) is 0.152. The van der Waals surface area contributed by atoms with Crippen molar-refractivity contribution in [2.75, 3.05) is 13.1 Å². The lowest BCUT2D eigenvalue weighted by molar-refractivity contribution is 0.000594. The van der Waals surface area contributed by atoms with Crippen LogP contribution in [-0.4, -0.2) is 38.3 Å². The van der Waals surface area contributed by atoms with Crippen LogP contribution < -0.4 is 14.8 Å². The van der Waals surface area contributed by atoms with Gasteiger partial charge in [-0.05, 0) is 50.6 Å². The number of fused-ring (bicyclic) bond motifs is 1. The van der Waals surface area contributed by atoms with Crippen molar-refractivity contribution in [3.8, 4) is 24.0 Å². The number of aromatic amines is 1. The summed E-state index contributed by atoms with van der Waals surface area (Å²) in [6, 6.07) is 14.7. The lowest BCUT2D eigenvalue weighted by atomic mass is 10.1. The summed E-state index contributed by atoms with van der Waals surface area (Å²) in [5, 5.41) is 31.6. The normalized spacial score (nSPS) is 12.3. The number of para-hydroxylation sites is 1. The van der Waals surface area contributed by atoms with E-state index in [4.69, 9.17) is 33.3 Å². The first-order valence-corrected chi connectivity index (χ1v) is 14.5. The standard InChI is InChI=1S/C27H27ClN6O4S2/c1-4-10-32-12-24(38-27(14-29,15-30)16-31)34-40(35,36)23-9-8-17(2)20(25(23)28)13-37-21-7-5-6-19-22(39)11-18(3)33-26(19)21/h5-9,11,24,32,34H,4,10,12-13H2,1-3H3,(H,33,39). The summed E-state index contributed by atoms with van der Waals surface area (Å²) in [6.45, 7) is 5.92. The number of sulfonamides is 1. The second-order valence-electron chi connectivity index (χ2n) is 8.91. The smallest absolute Gasteiger partial charge is 0.330 e. The summed E-state index contributed by atoms with van der Waals surface area (Å²) >= 11 is 12.1. The molecule has 0 aliphatic carbocycles. The average molecular weight is 599 g/mol. The Labute approximate surface area is 243 Å². The van der Waals surface area contributed by atoms with Gasteiger partial charge in [0.05, 0.1) is 10.5 Å². The summed E-state index contributed by atoms with van der Waals surface area (Å²) in [6.07, 6.45) is -0.691. The van der Waals surface area contributed by atoms with Crippen LogP contribution in [-0.2, 0) is 21.4 Å².